The second-order valence-corrected chi connectivity index (χ2v) is 8.67. The van der Waals surface area contributed by atoms with Crippen LogP contribution in [0.15, 0.2) is 23.1 Å². The Kier molecular flexibility index (Phi) is 10.9. The van der Waals surface area contributed by atoms with Crippen molar-refractivity contribution < 1.29 is 23.8 Å². The van der Waals surface area contributed by atoms with E-state index >= 15 is 0 Å². The lowest BCUT2D eigenvalue weighted by atomic mass is 10.1. The molecule has 1 aliphatic rings. The number of thioether (sulfide) groups is 1. The first-order valence-corrected chi connectivity index (χ1v) is 12.0. The van der Waals surface area contributed by atoms with Crippen molar-refractivity contribution >= 4 is 46.3 Å². The van der Waals surface area contributed by atoms with Crippen molar-refractivity contribution in [3.63, 3.8) is 0 Å². The lowest BCUT2D eigenvalue weighted by molar-refractivity contribution is -0.144. The Labute approximate surface area is 194 Å². The molecule has 0 saturated carbocycles. The maximum atomic E-state index is 12.8. The van der Waals surface area contributed by atoms with Crippen LogP contribution in [0.1, 0.15) is 58.4 Å². The van der Waals surface area contributed by atoms with Crippen molar-refractivity contribution in [3.8, 4) is 11.5 Å². The summed E-state index contributed by atoms with van der Waals surface area (Å²) in [5.74, 6) is 0.981. The minimum absolute atomic E-state index is 0.141. The number of benzene rings is 1. The highest BCUT2D eigenvalue weighted by atomic mass is 32.2. The van der Waals surface area contributed by atoms with Crippen molar-refractivity contribution in [1.82, 2.24) is 4.90 Å². The summed E-state index contributed by atoms with van der Waals surface area (Å²) in [6, 6.07) is 5.65. The van der Waals surface area contributed by atoms with E-state index in [1.165, 1.54) is 11.8 Å². The van der Waals surface area contributed by atoms with E-state index in [1.807, 2.05) is 38.1 Å². The molecule has 8 heteroatoms. The topological polar surface area (TPSA) is 65.1 Å². The third-order valence-corrected chi connectivity index (χ3v) is 5.80. The summed E-state index contributed by atoms with van der Waals surface area (Å²) < 4.78 is 17.1. The number of thiocarbonyl (C=S) groups is 1. The number of carbonyl (C=O) groups is 2. The number of amides is 1. The minimum atomic E-state index is -0.243. The van der Waals surface area contributed by atoms with Gasteiger partial charge in [0.2, 0.25) is 0 Å². The van der Waals surface area contributed by atoms with Gasteiger partial charge in [-0.05, 0) is 50.0 Å². The Morgan fingerprint density at radius 1 is 1.10 bits per heavy atom. The average molecular weight is 466 g/mol. The van der Waals surface area contributed by atoms with Crippen LogP contribution in [0.25, 0.3) is 6.08 Å². The van der Waals surface area contributed by atoms with Gasteiger partial charge < -0.3 is 14.2 Å². The van der Waals surface area contributed by atoms with Crippen LogP contribution < -0.4 is 9.47 Å². The molecule has 1 aliphatic heterocycles. The number of ether oxygens (including phenoxy) is 3. The standard InChI is InChI=1S/C23H31NO5S2/c1-4-7-14-28-18-11-10-17(15-19(18)27-6-3)16-20-22(26)24(23(30)31-20)12-8-9-21(25)29-13-5-2/h10-11,15-16H,4-9,12-14H2,1-3H3/b20-16-. The predicted molar refractivity (Wildman–Crippen MR) is 128 cm³/mol. The number of nitrogens with zero attached hydrogens (tertiary/aromatic N) is 1. The highest BCUT2D eigenvalue weighted by molar-refractivity contribution is 8.26. The molecule has 0 atom stereocenters. The SMILES string of the molecule is CCCCOc1ccc(/C=C2\SC(=S)N(CCCC(=O)OCCC)C2=O)cc1OCC. The van der Waals surface area contributed by atoms with Gasteiger partial charge in [0.15, 0.2) is 11.5 Å². The van der Waals surface area contributed by atoms with Crippen molar-refractivity contribution in [1.29, 1.82) is 0 Å². The van der Waals surface area contributed by atoms with Gasteiger partial charge in [0, 0.05) is 13.0 Å². The van der Waals surface area contributed by atoms with Crippen LogP contribution >= 0.6 is 24.0 Å². The van der Waals surface area contributed by atoms with Gasteiger partial charge in [-0.3, -0.25) is 14.5 Å². The molecule has 1 amide bonds. The molecule has 6 nitrogen and oxygen atoms in total. The molecule has 170 valence electrons. The van der Waals surface area contributed by atoms with Crippen LogP contribution in [0.4, 0.5) is 0 Å². The second kappa shape index (κ2) is 13.4. The first kappa shape index (κ1) is 25.2. The molecule has 1 saturated heterocycles. The second-order valence-electron chi connectivity index (χ2n) is 7.00. The fourth-order valence-electron chi connectivity index (χ4n) is 2.84. The lowest BCUT2D eigenvalue weighted by Crippen LogP contribution is -2.29. The summed E-state index contributed by atoms with van der Waals surface area (Å²) in [6.07, 6.45) is 5.43. The van der Waals surface area contributed by atoms with E-state index in [2.05, 4.69) is 6.92 Å². The van der Waals surface area contributed by atoms with Gasteiger partial charge in [0.05, 0.1) is 24.7 Å². The van der Waals surface area contributed by atoms with E-state index in [1.54, 1.807) is 4.90 Å². The van der Waals surface area contributed by atoms with Crippen LogP contribution in [0, 0.1) is 0 Å². The van der Waals surface area contributed by atoms with E-state index in [9.17, 15) is 9.59 Å². The first-order valence-electron chi connectivity index (χ1n) is 10.8. The molecule has 2 rings (SSSR count). The quantitative estimate of drug-likeness (QED) is 0.172. The zero-order valence-corrected chi connectivity index (χ0v) is 20.1. The number of rotatable bonds is 13. The van der Waals surface area contributed by atoms with Gasteiger partial charge in [-0.15, -0.1) is 0 Å². The Bertz CT molecular complexity index is 809. The van der Waals surface area contributed by atoms with E-state index in [4.69, 9.17) is 26.4 Å². The van der Waals surface area contributed by atoms with Crippen molar-refractivity contribution in [2.24, 2.45) is 0 Å². The van der Waals surface area contributed by atoms with Crippen LogP contribution in [-0.4, -0.2) is 47.5 Å². The minimum Gasteiger partial charge on any atom is -0.490 e. The highest BCUT2D eigenvalue weighted by Gasteiger charge is 2.31. The van der Waals surface area contributed by atoms with Gasteiger partial charge in [-0.1, -0.05) is 50.3 Å². The summed E-state index contributed by atoms with van der Waals surface area (Å²) in [5.41, 5.74) is 0.843. The molecule has 31 heavy (non-hydrogen) atoms. The smallest absolute Gasteiger partial charge is 0.305 e. The molecule has 1 heterocycles. The molecule has 1 fully saturated rings. The Balaban J connectivity index is 2.02. The van der Waals surface area contributed by atoms with Crippen molar-refractivity contribution in [3.05, 3.63) is 28.7 Å². The zero-order chi connectivity index (χ0) is 22.6. The Hall–Kier alpha value is -2.06. The van der Waals surface area contributed by atoms with E-state index in [-0.39, 0.29) is 18.3 Å². The largest absolute Gasteiger partial charge is 0.490 e. The van der Waals surface area contributed by atoms with Crippen LogP contribution in [-0.2, 0) is 14.3 Å². The molecule has 0 radical (unpaired) electrons. The van der Waals surface area contributed by atoms with E-state index in [0.717, 1.165) is 24.8 Å². The molecule has 0 aromatic heterocycles. The molecule has 0 unspecified atom stereocenters. The lowest BCUT2D eigenvalue weighted by Gasteiger charge is -2.14. The molecular formula is C23H31NO5S2. The van der Waals surface area contributed by atoms with Gasteiger partial charge in [-0.25, -0.2) is 0 Å². The molecule has 0 bridgehead atoms. The molecular weight excluding hydrogens is 434 g/mol. The summed E-state index contributed by atoms with van der Waals surface area (Å²) in [7, 11) is 0. The fraction of sp³-hybridized carbons (Fsp3) is 0.522. The molecule has 0 spiro atoms. The molecule has 0 aliphatic carbocycles. The maximum absolute atomic E-state index is 12.8. The van der Waals surface area contributed by atoms with E-state index < -0.39 is 0 Å². The zero-order valence-electron chi connectivity index (χ0n) is 18.5. The first-order chi connectivity index (χ1) is 15.0. The van der Waals surface area contributed by atoms with Gasteiger partial charge in [0.25, 0.3) is 5.91 Å². The summed E-state index contributed by atoms with van der Waals surface area (Å²) in [6.45, 7) is 7.98. The summed E-state index contributed by atoms with van der Waals surface area (Å²) in [5, 5.41) is 0. The third kappa shape index (κ3) is 7.85. The van der Waals surface area contributed by atoms with E-state index in [0.29, 0.717) is 53.5 Å². The number of unbranched alkanes of at least 4 members (excludes halogenated alkanes) is 1. The predicted octanol–water partition coefficient (Wildman–Crippen LogP) is 5.20. The number of esters is 1. The maximum Gasteiger partial charge on any atom is 0.305 e. The van der Waals surface area contributed by atoms with Crippen LogP contribution in [0.3, 0.4) is 0 Å². The van der Waals surface area contributed by atoms with Gasteiger partial charge in [0.1, 0.15) is 4.32 Å². The Morgan fingerprint density at radius 3 is 2.61 bits per heavy atom. The summed E-state index contributed by atoms with van der Waals surface area (Å²) >= 11 is 6.64. The molecule has 1 aromatic rings. The highest BCUT2D eigenvalue weighted by Crippen LogP contribution is 2.35. The summed E-state index contributed by atoms with van der Waals surface area (Å²) in [4.78, 5) is 26.5. The van der Waals surface area contributed by atoms with Gasteiger partial charge in [-0.2, -0.15) is 0 Å². The fourth-order valence-corrected chi connectivity index (χ4v) is 4.15. The monoisotopic (exact) mass is 465 g/mol. The number of hydrogen-bond donors (Lipinski definition) is 0. The number of carbonyl (C=O) groups excluding carboxylic acids is 2. The number of hydrogen-bond acceptors (Lipinski definition) is 7. The molecule has 0 N–H and O–H groups in total. The normalized spacial score (nSPS) is 14.9. The van der Waals surface area contributed by atoms with Crippen molar-refractivity contribution in [2.75, 3.05) is 26.4 Å². The van der Waals surface area contributed by atoms with Crippen LogP contribution in [0.2, 0.25) is 0 Å². The van der Waals surface area contributed by atoms with Crippen LogP contribution in [0.5, 0.6) is 11.5 Å². The third-order valence-electron chi connectivity index (χ3n) is 4.42. The average Bonchev–Trinajstić information content (AvgIpc) is 3.01. The molecule has 1 aromatic carbocycles. The van der Waals surface area contributed by atoms with Crippen molar-refractivity contribution in [2.45, 2.75) is 52.9 Å². The Morgan fingerprint density at radius 2 is 1.90 bits per heavy atom. The van der Waals surface area contributed by atoms with Gasteiger partial charge >= 0.3 is 5.97 Å².